The summed E-state index contributed by atoms with van der Waals surface area (Å²) in [5.41, 5.74) is -0.755. The fourth-order valence-corrected chi connectivity index (χ4v) is 3.63. The van der Waals surface area contributed by atoms with Crippen LogP contribution in [-0.2, 0) is 15.9 Å². The van der Waals surface area contributed by atoms with E-state index in [4.69, 9.17) is 9.47 Å². The highest BCUT2D eigenvalue weighted by Gasteiger charge is 2.37. The molecule has 0 saturated carbocycles. The largest absolute Gasteiger partial charge is 0.461 e. The first kappa shape index (κ1) is 22.1. The van der Waals surface area contributed by atoms with Crippen molar-refractivity contribution in [2.75, 3.05) is 13.2 Å². The van der Waals surface area contributed by atoms with Gasteiger partial charge in [0.05, 0.1) is 40.8 Å². The van der Waals surface area contributed by atoms with Gasteiger partial charge in [0.1, 0.15) is 0 Å². The van der Waals surface area contributed by atoms with Crippen LogP contribution in [0.1, 0.15) is 28.8 Å². The van der Waals surface area contributed by atoms with Crippen LogP contribution < -0.4 is 0 Å². The molecule has 2 atom stereocenters. The Morgan fingerprint density at radius 1 is 1.16 bits per heavy atom. The third kappa shape index (κ3) is 5.52. The second kappa shape index (κ2) is 9.48. The van der Waals surface area contributed by atoms with Crippen LogP contribution in [0.3, 0.4) is 0 Å². The fraction of sp³-hybridized carbons (Fsp3) is 0.318. The number of carbonyl (C=O) groups is 1. The molecule has 9 heteroatoms. The van der Waals surface area contributed by atoms with Crippen LogP contribution >= 0.6 is 0 Å². The lowest BCUT2D eigenvalue weighted by Gasteiger charge is -2.39. The van der Waals surface area contributed by atoms with Gasteiger partial charge in [0.25, 0.3) is 11.4 Å². The second-order valence-corrected chi connectivity index (χ2v) is 7.61. The van der Waals surface area contributed by atoms with Crippen LogP contribution in [0.2, 0.25) is 0 Å². The third-order valence-corrected chi connectivity index (χ3v) is 5.32. The van der Waals surface area contributed by atoms with Crippen molar-refractivity contribution >= 4 is 17.3 Å². The van der Waals surface area contributed by atoms with Crippen LogP contribution in [0.5, 0.6) is 0 Å². The average Bonchev–Trinajstić information content (AvgIpc) is 2.78. The zero-order valence-electron chi connectivity index (χ0n) is 16.8. The number of esters is 1. The van der Waals surface area contributed by atoms with Crippen molar-refractivity contribution in [1.29, 1.82) is 0 Å². The lowest BCUT2D eigenvalue weighted by molar-refractivity contribution is -0.394. The molecule has 0 aromatic heterocycles. The predicted octanol–water partition coefficient (Wildman–Crippen LogP) is 4.25. The Morgan fingerprint density at radius 2 is 1.81 bits per heavy atom. The second-order valence-electron chi connectivity index (χ2n) is 7.61. The maximum absolute atomic E-state index is 12.6. The number of hydrogen-bond donors (Lipinski definition) is 0. The van der Waals surface area contributed by atoms with E-state index in [0.29, 0.717) is 13.0 Å². The summed E-state index contributed by atoms with van der Waals surface area (Å²) >= 11 is 0. The quantitative estimate of drug-likeness (QED) is 0.268. The maximum Gasteiger partial charge on any atom is 0.338 e. The van der Waals surface area contributed by atoms with Crippen molar-refractivity contribution in [3.8, 4) is 0 Å². The molecule has 0 aliphatic carbocycles. The van der Waals surface area contributed by atoms with Crippen molar-refractivity contribution < 1.29 is 24.1 Å². The number of nitrogens with zero attached hydrogens (tertiary/aromatic N) is 2. The van der Waals surface area contributed by atoms with Gasteiger partial charge in [-0.25, -0.2) is 4.79 Å². The first-order chi connectivity index (χ1) is 14.8. The van der Waals surface area contributed by atoms with Gasteiger partial charge < -0.3 is 9.47 Å². The van der Waals surface area contributed by atoms with E-state index in [9.17, 15) is 25.0 Å². The lowest BCUT2D eigenvalue weighted by Crippen LogP contribution is -2.41. The highest BCUT2D eigenvalue weighted by molar-refractivity contribution is 5.91. The van der Waals surface area contributed by atoms with Gasteiger partial charge in [0, 0.05) is 17.5 Å². The van der Waals surface area contributed by atoms with E-state index in [1.54, 1.807) is 6.08 Å². The molecule has 9 nitrogen and oxygen atoms in total. The summed E-state index contributed by atoms with van der Waals surface area (Å²) in [5, 5.41) is 22.2. The Labute approximate surface area is 178 Å². The SMILES string of the molecule is C=C[C@@H]1CC[C@](COC(=O)c2cc([N+](=O)[O-])cc([N+](=O)[O-])c2)(Cc2ccccc2)CO1. The third-order valence-electron chi connectivity index (χ3n) is 5.32. The van der Waals surface area contributed by atoms with Gasteiger partial charge in [0.2, 0.25) is 0 Å². The van der Waals surface area contributed by atoms with Crippen molar-refractivity contribution in [2.45, 2.75) is 25.4 Å². The molecule has 0 unspecified atom stereocenters. The van der Waals surface area contributed by atoms with Gasteiger partial charge in [0.15, 0.2) is 0 Å². The van der Waals surface area contributed by atoms with Crippen LogP contribution in [0.25, 0.3) is 0 Å². The van der Waals surface area contributed by atoms with E-state index < -0.39 is 32.6 Å². The van der Waals surface area contributed by atoms with Crippen LogP contribution in [0, 0.1) is 25.6 Å². The predicted molar refractivity (Wildman–Crippen MR) is 112 cm³/mol. The molecule has 0 amide bonds. The van der Waals surface area contributed by atoms with E-state index in [1.807, 2.05) is 30.3 Å². The minimum absolute atomic E-state index is 0.0150. The molecular formula is C22H22N2O7. The number of nitro benzene ring substituents is 2. The first-order valence-electron chi connectivity index (χ1n) is 9.71. The Bertz CT molecular complexity index is 950. The van der Waals surface area contributed by atoms with Crippen molar-refractivity contribution in [3.63, 3.8) is 0 Å². The van der Waals surface area contributed by atoms with E-state index >= 15 is 0 Å². The molecule has 1 aliphatic heterocycles. The van der Waals surface area contributed by atoms with Crippen LogP contribution in [0.15, 0.2) is 61.2 Å². The fourth-order valence-electron chi connectivity index (χ4n) is 3.63. The molecule has 2 aromatic rings. The highest BCUT2D eigenvalue weighted by atomic mass is 16.6. The summed E-state index contributed by atoms with van der Waals surface area (Å²) < 4.78 is 11.4. The number of ether oxygens (including phenoxy) is 2. The molecule has 0 N–H and O–H groups in total. The lowest BCUT2D eigenvalue weighted by atomic mass is 9.76. The first-order valence-corrected chi connectivity index (χ1v) is 9.71. The summed E-state index contributed by atoms with van der Waals surface area (Å²) in [6.07, 6.45) is 3.72. The number of benzene rings is 2. The average molecular weight is 426 g/mol. The molecule has 2 aromatic carbocycles. The van der Waals surface area contributed by atoms with Crippen molar-refractivity contribution in [1.82, 2.24) is 0 Å². The van der Waals surface area contributed by atoms with Gasteiger partial charge in [-0.3, -0.25) is 20.2 Å². The maximum atomic E-state index is 12.6. The van der Waals surface area contributed by atoms with Gasteiger partial charge in [-0.05, 0) is 24.8 Å². The summed E-state index contributed by atoms with van der Waals surface area (Å²) in [6.45, 7) is 4.12. The van der Waals surface area contributed by atoms with Gasteiger partial charge >= 0.3 is 5.97 Å². The van der Waals surface area contributed by atoms with Gasteiger partial charge in [-0.15, -0.1) is 6.58 Å². The number of hydrogen-bond acceptors (Lipinski definition) is 7. The Balaban J connectivity index is 1.79. The van der Waals surface area contributed by atoms with E-state index in [2.05, 4.69) is 6.58 Å². The Morgan fingerprint density at radius 3 is 2.32 bits per heavy atom. The zero-order chi connectivity index (χ0) is 22.4. The number of carbonyl (C=O) groups excluding carboxylic acids is 1. The van der Waals surface area contributed by atoms with E-state index in [1.165, 1.54) is 0 Å². The smallest absolute Gasteiger partial charge is 0.338 e. The minimum Gasteiger partial charge on any atom is -0.461 e. The minimum atomic E-state index is -0.856. The molecule has 1 saturated heterocycles. The molecule has 0 radical (unpaired) electrons. The Hall–Kier alpha value is -3.59. The van der Waals surface area contributed by atoms with Gasteiger partial charge in [-0.1, -0.05) is 36.4 Å². The van der Waals surface area contributed by atoms with Crippen LogP contribution in [-0.4, -0.2) is 35.1 Å². The molecule has 31 heavy (non-hydrogen) atoms. The molecule has 0 bridgehead atoms. The van der Waals surface area contributed by atoms with E-state index in [-0.39, 0.29) is 18.3 Å². The molecule has 162 valence electrons. The number of nitro groups is 2. The monoisotopic (exact) mass is 426 g/mol. The van der Waals surface area contributed by atoms with Crippen LogP contribution in [0.4, 0.5) is 11.4 Å². The number of rotatable bonds is 8. The molecular weight excluding hydrogens is 404 g/mol. The van der Waals surface area contributed by atoms with Crippen molar-refractivity contribution in [2.24, 2.45) is 5.41 Å². The molecule has 1 heterocycles. The summed E-state index contributed by atoms with van der Waals surface area (Å²) in [6, 6.07) is 12.5. The zero-order valence-corrected chi connectivity index (χ0v) is 16.8. The summed E-state index contributed by atoms with van der Waals surface area (Å²) in [4.78, 5) is 33.2. The van der Waals surface area contributed by atoms with Gasteiger partial charge in [-0.2, -0.15) is 0 Å². The highest BCUT2D eigenvalue weighted by Crippen LogP contribution is 2.36. The standard InChI is InChI=1S/C22H22N2O7/c1-2-20-8-9-22(14-30-20,13-16-6-4-3-5-7-16)15-31-21(25)17-10-18(23(26)27)12-19(11-17)24(28)29/h2-7,10-12,20H,1,8-9,13-15H2/t20-,22+/m1/s1. The molecule has 1 fully saturated rings. The Kier molecular flexibility index (Phi) is 6.76. The number of non-ortho nitro benzene ring substituents is 2. The van der Waals surface area contributed by atoms with E-state index in [0.717, 1.165) is 36.6 Å². The topological polar surface area (TPSA) is 122 Å². The van der Waals surface area contributed by atoms with Crippen molar-refractivity contribution in [3.05, 3.63) is 92.5 Å². The normalized spacial score (nSPS) is 20.6. The summed E-state index contributed by atoms with van der Waals surface area (Å²) in [5.74, 6) is -0.856. The molecule has 0 spiro atoms. The molecule has 3 rings (SSSR count). The summed E-state index contributed by atoms with van der Waals surface area (Å²) in [7, 11) is 0. The molecule has 1 aliphatic rings.